The van der Waals surface area contributed by atoms with E-state index in [4.69, 9.17) is 17.7 Å². The first-order valence-corrected chi connectivity index (χ1v) is 13.3. The Kier molecular flexibility index (Phi) is 8.26. The van der Waals surface area contributed by atoms with Crippen molar-refractivity contribution in [2.75, 3.05) is 7.11 Å². The Labute approximate surface area is 204 Å². The van der Waals surface area contributed by atoms with Crippen LogP contribution >= 0.6 is 10.0 Å². The molecule has 0 radical (unpaired) electrons. The Morgan fingerprint density at radius 1 is 0.600 bits per heavy atom. The van der Waals surface area contributed by atoms with Crippen molar-refractivity contribution in [3.63, 3.8) is 0 Å². The second-order valence-corrected chi connectivity index (χ2v) is 11.7. The van der Waals surface area contributed by atoms with E-state index in [1.165, 1.54) is 19.6 Å². The largest absolute Gasteiger partial charge is 0.522 e. The highest BCUT2D eigenvalue weighted by Gasteiger charge is 2.44. The van der Waals surface area contributed by atoms with Gasteiger partial charge in [-0.15, -0.1) is 10.0 Å². The minimum atomic E-state index is -5.84. The van der Waals surface area contributed by atoms with E-state index >= 15 is 0 Å². The highest BCUT2D eigenvalue weighted by atomic mass is 32.3. The van der Waals surface area contributed by atoms with Gasteiger partial charge < -0.3 is 4.74 Å². The molecule has 0 saturated carbocycles. The van der Waals surface area contributed by atoms with Gasteiger partial charge in [0, 0.05) is 19.6 Å². The Balaban J connectivity index is 0.000000371. The van der Waals surface area contributed by atoms with Gasteiger partial charge in [-0.1, -0.05) is 54.6 Å². The van der Waals surface area contributed by atoms with Crippen molar-refractivity contribution in [2.45, 2.75) is 25.1 Å². The van der Waals surface area contributed by atoms with Gasteiger partial charge in [0.1, 0.15) is 5.75 Å². The van der Waals surface area contributed by atoms with Gasteiger partial charge in [0.15, 0.2) is 0 Å². The lowest BCUT2D eigenvalue weighted by Crippen LogP contribution is -2.21. The van der Waals surface area contributed by atoms with Crippen LogP contribution in [0.1, 0.15) is 0 Å². The van der Waals surface area contributed by atoms with Gasteiger partial charge in [0.05, 0.1) is 7.11 Å². The molecule has 4 aromatic rings. The number of benzene rings is 4. The summed E-state index contributed by atoms with van der Waals surface area (Å²) in [6, 6.07) is 41.1. The molecule has 0 atom stereocenters. The fraction of sp³-hybridized carbons (Fsp3) is 0.0769. The lowest BCUT2D eigenvalue weighted by molar-refractivity contribution is -0.0510. The van der Waals surface area contributed by atoms with Crippen LogP contribution in [0.2, 0.25) is 0 Å². The summed E-state index contributed by atoms with van der Waals surface area (Å²) < 4.78 is 62.9. The third-order valence-corrected chi connectivity index (χ3v) is 9.50. The normalized spacial score (nSPS) is 12.3. The molecule has 184 valence electrons. The van der Waals surface area contributed by atoms with E-state index in [0.29, 0.717) is 0 Å². The van der Waals surface area contributed by atoms with E-state index in [1.807, 2.05) is 0 Å². The van der Waals surface area contributed by atoms with E-state index in [-0.39, 0.29) is 0 Å². The Bertz CT molecular complexity index is 1220. The molecular formula is C26H23F3O4S2. The molecule has 0 saturated heterocycles. The van der Waals surface area contributed by atoms with Gasteiger partial charge in [0.25, 0.3) is 0 Å². The van der Waals surface area contributed by atoms with Gasteiger partial charge in [-0.25, -0.2) is 0 Å². The molecule has 4 nitrogen and oxygen atoms in total. The van der Waals surface area contributed by atoms with Crippen LogP contribution in [0.3, 0.4) is 0 Å². The van der Waals surface area contributed by atoms with Gasteiger partial charge in [-0.05, 0) is 60.7 Å². The predicted molar refractivity (Wildman–Crippen MR) is 131 cm³/mol. The lowest BCUT2D eigenvalue weighted by atomic mass is 10.3. The van der Waals surface area contributed by atoms with Crippen LogP contribution < -0.4 is 4.74 Å². The molecule has 0 unspecified atom stereocenters. The number of rotatable bonds is 5. The standard InChI is InChI=1S/C25H22OS.CHF3O3S/c1-26-21-17-19-25(20-18-21)27(22-11-5-2-6-12-22,23-13-7-3-8-14-23)24-15-9-4-10-16-24;2-1(3,4)8(5,6)7/h2-20H,1H3;(H,5,6,7). The summed E-state index contributed by atoms with van der Waals surface area (Å²) in [6.07, 6.45) is 0. The molecule has 0 bridgehead atoms. The summed E-state index contributed by atoms with van der Waals surface area (Å²) in [7, 11) is -5.72. The zero-order valence-electron chi connectivity index (χ0n) is 18.6. The molecule has 9 heteroatoms. The average Bonchev–Trinajstić information content (AvgIpc) is 2.86. The van der Waals surface area contributed by atoms with E-state index in [0.717, 1.165) is 5.75 Å². The number of ether oxygens (including phenoxy) is 1. The molecule has 0 spiro atoms. The van der Waals surface area contributed by atoms with Crippen molar-refractivity contribution in [1.29, 1.82) is 0 Å². The fourth-order valence-corrected chi connectivity index (χ4v) is 7.34. The molecule has 0 aromatic heterocycles. The molecule has 0 fully saturated rings. The summed E-state index contributed by atoms with van der Waals surface area (Å²) in [5, 5.41) is 0. The summed E-state index contributed by atoms with van der Waals surface area (Å²) in [6.45, 7) is 0. The lowest BCUT2D eigenvalue weighted by Gasteiger charge is -2.42. The van der Waals surface area contributed by atoms with Crippen molar-refractivity contribution in [2.24, 2.45) is 0 Å². The molecule has 0 heterocycles. The van der Waals surface area contributed by atoms with Gasteiger partial charge >= 0.3 is 15.6 Å². The summed E-state index contributed by atoms with van der Waals surface area (Å²) in [4.78, 5) is 5.28. The fourth-order valence-electron chi connectivity index (χ4n) is 3.47. The van der Waals surface area contributed by atoms with E-state index in [9.17, 15) is 13.2 Å². The number of alkyl halides is 3. The highest BCUT2D eigenvalue weighted by Crippen LogP contribution is 2.73. The van der Waals surface area contributed by atoms with Crippen LogP contribution in [0.5, 0.6) is 5.75 Å². The minimum Gasteiger partial charge on any atom is -0.497 e. The molecule has 0 aliphatic rings. The summed E-state index contributed by atoms with van der Waals surface area (Å²) >= 11 is 0. The monoisotopic (exact) mass is 520 g/mol. The highest BCUT2D eigenvalue weighted by molar-refractivity contribution is 8.34. The Morgan fingerprint density at radius 3 is 1.14 bits per heavy atom. The molecule has 4 rings (SSSR count). The third-order valence-electron chi connectivity index (χ3n) is 5.00. The number of hydrogen-bond acceptors (Lipinski definition) is 3. The number of halogens is 3. The van der Waals surface area contributed by atoms with Gasteiger partial charge in [0.2, 0.25) is 0 Å². The van der Waals surface area contributed by atoms with E-state index in [2.05, 4.69) is 115 Å². The summed E-state index contributed by atoms with van der Waals surface area (Å²) in [5.74, 6) is 0.876. The number of hydrogen-bond donors (Lipinski definition) is 1. The van der Waals surface area contributed by atoms with Crippen LogP contribution in [0.4, 0.5) is 13.2 Å². The second kappa shape index (κ2) is 11.0. The van der Waals surface area contributed by atoms with Crippen molar-refractivity contribution >= 4 is 20.1 Å². The van der Waals surface area contributed by atoms with Crippen molar-refractivity contribution in [1.82, 2.24) is 0 Å². The maximum absolute atomic E-state index is 10.7. The zero-order chi connectivity index (χ0) is 25.5. The first-order chi connectivity index (χ1) is 16.6. The van der Waals surface area contributed by atoms with Crippen LogP contribution in [-0.4, -0.2) is 25.6 Å². The first kappa shape index (κ1) is 26.3. The first-order valence-electron chi connectivity index (χ1n) is 10.3. The minimum absolute atomic E-state index is 0.876. The topological polar surface area (TPSA) is 63.6 Å². The zero-order valence-corrected chi connectivity index (χ0v) is 20.2. The third kappa shape index (κ3) is 5.87. The van der Waals surface area contributed by atoms with Crippen LogP contribution in [0.25, 0.3) is 0 Å². The molecule has 4 aromatic carbocycles. The van der Waals surface area contributed by atoms with E-state index < -0.39 is 25.7 Å². The molecule has 0 aliphatic carbocycles. The molecule has 0 amide bonds. The SMILES string of the molecule is COc1ccc(S(c2ccccc2)(c2ccccc2)c2ccccc2)cc1.O=S(=O)(O)C(F)(F)F. The van der Waals surface area contributed by atoms with Gasteiger partial charge in [-0.2, -0.15) is 21.6 Å². The molecule has 1 N–H and O–H groups in total. The maximum Gasteiger partial charge on any atom is 0.522 e. The van der Waals surface area contributed by atoms with Crippen molar-refractivity contribution in [3.8, 4) is 5.75 Å². The van der Waals surface area contributed by atoms with Crippen LogP contribution in [0.15, 0.2) is 135 Å². The van der Waals surface area contributed by atoms with Crippen LogP contribution in [0, 0.1) is 0 Å². The maximum atomic E-state index is 10.7. The Morgan fingerprint density at radius 2 is 0.886 bits per heavy atom. The quantitative estimate of drug-likeness (QED) is 0.220. The molecule has 0 aliphatic heterocycles. The second-order valence-electron chi connectivity index (χ2n) is 7.15. The number of methoxy groups -OCH3 is 1. The van der Waals surface area contributed by atoms with Crippen LogP contribution in [-0.2, 0) is 10.1 Å². The molecular weight excluding hydrogens is 497 g/mol. The average molecular weight is 521 g/mol. The Hall–Kier alpha value is -3.27. The molecule has 35 heavy (non-hydrogen) atoms. The van der Waals surface area contributed by atoms with Gasteiger partial charge in [-0.3, -0.25) is 4.55 Å². The van der Waals surface area contributed by atoms with Crippen molar-refractivity contribution in [3.05, 3.63) is 115 Å². The predicted octanol–water partition coefficient (Wildman–Crippen LogP) is 7.43. The smallest absolute Gasteiger partial charge is 0.497 e. The van der Waals surface area contributed by atoms with Crippen molar-refractivity contribution < 1.29 is 30.9 Å². The summed E-state index contributed by atoms with van der Waals surface area (Å²) in [5.41, 5.74) is -5.53. The van der Waals surface area contributed by atoms with E-state index in [1.54, 1.807) is 7.11 Å².